The van der Waals surface area contributed by atoms with Crippen LogP contribution in [0.15, 0.2) is 22.7 Å². The molecule has 2 aromatic rings. The fourth-order valence-electron chi connectivity index (χ4n) is 2.53. The van der Waals surface area contributed by atoms with E-state index in [0.29, 0.717) is 16.6 Å². The van der Waals surface area contributed by atoms with E-state index in [9.17, 15) is 10.1 Å². The molecule has 21 heavy (non-hydrogen) atoms. The Labute approximate surface area is 131 Å². The van der Waals surface area contributed by atoms with E-state index in [-0.39, 0.29) is 16.7 Å². The zero-order valence-electron chi connectivity index (χ0n) is 12.1. The van der Waals surface area contributed by atoms with Crippen molar-refractivity contribution in [1.29, 1.82) is 0 Å². The zero-order chi connectivity index (χ0) is 15.7. The van der Waals surface area contributed by atoms with Crippen LogP contribution in [0, 0.1) is 24.0 Å². The van der Waals surface area contributed by atoms with Gasteiger partial charge in [0.2, 0.25) is 0 Å². The highest BCUT2D eigenvalue weighted by Gasteiger charge is 2.19. The van der Waals surface area contributed by atoms with Crippen molar-refractivity contribution < 1.29 is 4.92 Å². The number of hydrogen-bond acceptors (Lipinski definition) is 4. The summed E-state index contributed by atoms with van der Waals surface area (Å²) in [5.41, 5.74) is 9.45. The van der Waals surface area contributed by atoms with Crippen molar-refractivity contribution in [2.45, 2.75) is 33.4 Å². The molecule has 0 radical (unpaired) electrons. The molecule has 2 N–H and O–H groups in total. The number of nitrogens with two attached hydrogens (primary N) is 1. The summed E-state index contributed by atoms with van der Waals surface area (Å²) in [5, 5.41) is 15.6. The van der Waals surface area contributed by atoms with Gasteiger partial charge in [-0.1, -0.05) is 15.9 Å². The van der Waals surface area contributed by atoms with E-state index in [0.717, 1.165) is 17.0 Å². The van der Waals surface area contributed by atoms with Crippen molar-refractivity contribution in [3.63, 3.8) is 0 Å². The molecule has 0 bridgehead atoms. The Balaban J connectivity index is 2.44. The van der Waals surface area contributed by atoms with Crippen LogP contribution in [0.1, 0.15) is 35.5 Å². The van der Waals surface area contributed by atoms with E-state index in [2.05, 4.69) is 21.0 Å². The Morgan fingerprint density at radius 3 is 2.67 bits per heavy atom. The van der Waals surface area contributed by atoms with E-state index in [1.807, 2.05) is 20.8 Å². The highest BCUT2D eigenvalue weighted by Crippen LogP contribution is 2.26. The molecule has 0 aliphatic heterocycles. The minimum Gasteiger partial charge on any atom is -0.324 e. The van der Waals surface area contributed by atoms with Gasteiger partial charge < -0.3 is 5.73 Å². The van der Waals surface area contributed by atoms with E-state index < -0.39 is 0 Å². The largest absolute Gasteiger partial charge is 0.324 e. The SMILES string of the molecule is Cc1nn(Cc2ccc(Br)cc2[N+](=O)[O-])c(C)c1C(C)N. The molecule has 0 amide bonds. The minimum absolute atomic E-state index is 0.0827. The number of nitro benzene ring substituents is 1. The second kappa shape index (κ2) is 5.95. The first-order valence-electron chi connectivity index (χ1n) is 6.53. The summed E-state index contributed by atoms with van der Waals surface area (Å²) >= 11 is 3.26. The molecule has 2 rings (SSSR count). The third-order valence-electron chi connectivity index (χ3n) is 3.46. The maximum Gasteiger partial charge on any atom is 0.275 e. The van der Waals surface area contributed by atoms with Gasteiger partial charge in [0, 0.05) is 27.8 Å². The van der Waals surface area contributed by atoms with Crippen molar-refractivity contribution in [2.75, 3.05) is 0 Å². The van der Waals surface area contributed by atoms with Crippen LogP contribution in [0.4, 0.5) is 5.69 Å². The van der Waals surface area contributed by atoms with E-state index >= 15 is 0 Å². The average Bonchev–Trinajstić information content (AvgIpc) is 2.66. The normalized spacial score (nSPS) is 12.4. The summed E-state index contributed by atoms with van der Waals surface area (Å²) in [6, 6.07) is 4.93. The van der Waals surface area contributed by atoms with Crippen LogP contribution in [-0.2, 0) is 6.54 Å². The second-order valence-electron chi connectivity index (χ2n) is 5.06. The summed E-state index contributed by atoms with van der Waals surface area (Å²) < 4.78 is 2.45. The Bertz CT molecular complexity index is 695. The van der Waals surface area contributed by atoms with E-state index in [1.165, 1.54) is 6.07 Å². The molecule has 1 unspecified atom stereocenters. The molecule has 112 valence electrons. The van der Waals surface area contributed by atoms with Crippen molar-refractivity contribution in [3.8, 4) is 0 Å². The molecule has 1 heterocycles. The van der Waals surface area contributed by atoms with Crippen molar-refractivity contribution in [2.24, 2.45) is 5.73 Å². The quantitative estimate of drug-likeness (QED) is 0.675. The van der Waals surface area contributed by atoms with Crippen molar-refractivity contribution >= 4 is 21.6 Å². The number of hydrogen-bond donors (Lipinski definition) is 1. The number of nitrogens with zero attached hydrogens (tertiary/aromatic N) is 3. The first-order chi connectivity index (χ1) is 9.81. The Morgan fingerprint density at radius 1 is 1.48 bits per heavy atom. The van der Waals surface area contributed by atoms with Gasteiger partial charge >= 0.3 is 0 Å². The van der Waals surface area contributed by atoms with Gasteiger partial charge in [0.05, 0.1) is 22.7 Å². The summed E-state index contributed by atoms with van der Waals surface area (Å²) in [7, 11) is 0. The van der Waals surface area contributed by atoms with Gasteiger partial charge in [-0.15, -0.1) is 0 Å². The first-order valence-corrected chi connectivity index (χ1v) is 7.33. The van der Waals surface area contributed by atoms with Gasteiger partial charge in [0.25, 0.3) is 5.69 Å². The van der Waals surface area contributed by atoms with E-state index in [4.69, 9.17) is 5.73 Å². The number of halogens is 1. The number of nitro groups is 1. The maximum atomic E-state index is 11.2. The highest BCUT2D eigenvalue weighted by molar-refractivity contribution is 9.10. The lowest BCUT2D eigenvalue weighted by molar-refractivity contribution is -0.385. The monoisotopic (exact) mass is 352 g/mol. The van der Waals surface area contributed by atoms with Gasteiger partial charge in [-0.25, -0.2) is 0 Å². The molecule has 0 fully saturated rings. The zero-order valence-corrected chi connectivity index (χ0v) is 13.7. The van der Waals surface area contributed by atoms with Gasteiger partial charge in [-0.3, -0.25) is 14.8 Å². The summed E-state index contributed by atoms with van der Waals surface area (Å²) in [6.07, 6.45) is 0. The molecule has 0 aliphatic carbocycles. The van der Waals surface area contributed by atoms with Gasteiger partial charge in [-0.05, 0) is 32.9 Å². The lowest BCUT2D eigenvalue weighted by atomic mass is 10.1. The lowest BCUT2D eigenvalue weighted by Crippen LogP contribution is -2.09. The number of rotatable bonds is 4. The third kappa shape index (κ3) is 3.14. The standard InChI is InChI=1S/C14H17BrN4O2/c1-8(16)14-9(2)17-18(10(14)3)7-11-4-5-12(15)6-13(11)19(20)21/h4-6,8H,7,16H2,1-3H3. The van der Waals surface area contributed by atoms with Gasteiger partial charge in [-0.2, -0.15) is 5.10 Å². The molecule has 1 atom stereocenters. The lowest BCUT2D eigenvalue weighted by Gasteiger charge is -2.08. The Morgan fingerprint density at radius 2 is 2.14 bits per heavy atom. The van der Waals surface area contributed by atoms with Crippen LogP contribution in [-0.4, -0.2) is 14.7 Å². The highest BCUT2D eigenvalue weighted by atomic mass is 79.9. The topological polar surface area (TPSA) is 87.0 Å². The smallest absolute Gasteiger partial charge is 0.275 e. The average molecular weight is 353 g/mol. The molecule has 6 nitrogen and oxygen atoms in total. The van der Waals surface area contributed by atoms with Crippen molar-refractivity contribution in [1.82, 2.24) is 9.78 Å². The summed E-state index contributed by atoms with van der Waals surface area (Å²) in [4.78, 5) is 10.8. The molecule has 7 heteroatoms. The van der Waals surface area contributed by atoms with Crippen LogP contribution >= 0.6 is 15.9 Å². The van der Waals surface area contributed by atoms with Crippen molar-refractivity contribution in [3.05, 3.63) is 55.3 Å². The van der Waals surface area contributed by atoms with Gasteiger partial charge in [0.15, 0.2) is 0 Å². The van der Waals surface area contributed by atoms with Crippen LogP contribution < -0.4 is 5.73 Å². The predicted octanol–water partition coefficient (Wildman–Crippen LogP) is 3.24. The minimum atomic E-state index is -0.377. The fraction of sp³-hybridized carbons (Fsp3) is 0.357. The summed E-state index contributed by atoms with van der Waals surface area (Å²) in [6.45, 7) is 6.09. The fourth-order valence-corrected chi connectivity index (χ4v) is 2.87. The van der Waals surface area contributed by atoms with Crippen LogP contribution in [0.2, 0.25) is 0 Å². The Hall–Kier alpha value is -1.73. The van der Waals surface area contributed by atoms with E-state index in [1.54, 1.807) is 16.8 Å². The van der Waals surface area contributed by atoms with Crippen LogP contribution in [0.3, 0.4) is 0 Å². The molecule has 0 saturated heterocycles. The second-order valence-corrected chi connectivity index (χ2v) is 5.98. The molecule has 0 aliphatic rings. The molecule has 0 spiro atoms. The van der Waals surface area contributed by atoms with Crippen LogP contribution in [0.5, 0.6) is 0 Å². The maximum absolute atomic E-state index is 11.2. The molecular formula is C14H17BrN4O2. The Kier molecular flexibility index (Phi) is 4.43. The number of aryl methyl sites for hydroxylation is 1. The molecular weight excluding hydrogens is 336 g/mol. The molecule has 0 saturated carbocycles. The van der Waals surface area contributed by atoms with Crippen LogP contribution in [0.25, 0.3) is 0 Å². The predicted molar refractivity (Wildman–Crippen MR) is 84.2 cm³/mol. The first kappa shape index (κ1) is 15.7. The molecule has 1 aromatic carbocycles. The van der Waals surface area contributed by atoms with Gasteiger partial charge in [0.1, 0.15) is 0 Å². The summed E-state index contributed by atoms with van der Waals surface area (Å²) in [5.74, 6) is 0. The number of benzene rings is 1. The molecule has 1 aromatic heterocycles. The third-order valence-corrected chi connectivity index (χ3v) is 3.95. The number of aromatic nitrogens is 2.